The number of rotatable bonds is 7. The molecule has 1 aliphatic heterocycles. The number of hydrogen-bond acceptors (Lipinski definition) is 5. The maximum atomic E-state index is 13.2. The predicted molar refractivity (Wildman–Crippen MR) is 131 cm³/mol. The topological polar surface area (TPSA) is 97.7 Å². The number of methoxy groups -OCH3 is 1. The number of halogens is 1. The van der Waals surface area contributed by atoms with Crippen LogP contribution in [0.15, 0.2) is 53.6 Å². The number of carbonyl (C=O) groups is 2. The summed E-state index contributed by atoms with van der Waals surface area (Å²) >= 11 is 5.99. The summed E-state index contributed by atoms with van der Waals surface area (Å²) in [6.07, 6.45) is 4.52. The summed E-state index contributed by atoms with van der Waals surface area (Å²) < 4.78 is 33.3. The zero-order valence-electron chi connectivity index (χ0n) is 18.8. The number of carbonyl (C=O) groups excluding carboxylic acids is 2. The molecular formula is C24H26ClN3O5S. The molecule has 8 nitrogen and oxygen atoms in total. The zero-order chi connectivity index (χ0) is 24.3. The molecule has 10 heteroatoms. The van der Waals surface area contributed by atoms with Gasteiger partial charge in [-0.3, -0.25) is 9.59 Å². The van der Waals surface area contributed by atoms with E-state index in [1.807, 2.05) is 4.90 Å². The molecule has 0 spiro atoms. The molecule has 1 aliphatic rings. The lowest BCUT2D eigenvalue weighted by Crippen LogP contribution is -2.37. The van der Waals surface area contributed by atoms with Crippen LogP contribution < -0.4 is 10.1 Å². The van der Waals surface area contributed by atoms with Crippen LogP contribution in [0.2, 0.25) is 5.02 Å². The van der Waals surface area contributed by atoms with Gasteiger partial charge in [-0.25, -0.2) is 8.42 Å². The molecule has 0 unspecified atom stereocenters. The molecule has 180 valence electrons. The molecular weight excluding hydrogens is 478 g/mol. The van der Waals surface area contributed by atoms with Crippen LogP contribution in [0.3, 0.4) is 0 Å². The average molecular weight is 504 g/mol. The Hall–Kier alpha value is -3.04. The Balaban J connectivity index is 1.58. The number of nitrogens with one attached hydrogen (secondary N) is 1. The number of aromatic nitrogens is 1. The minimum absolute atomic E-state index is 0.0164. The summed E-state index contributed by atoms with van der Waals surface area (Å²) in [7, 11) is -2.57. The molecule has 1 aromatic heterocycles. The number of piperidine rings is 1. The molecule has 0 aliphatic carbocycles. The van der Waals surface area contributed by atoms with Crippen LogP contribution in [0.1, 0.15) is 19.3 Å². The molecule has 0 bridgehead atoms. The van der Waals surface area contributed by atoms with Crippen LogP contribution in [0, 0.1) is 0 Å². The van der Waals surface area contributed by atoms with Crippen LogP contribution in [0.4, 0.5) is 5.69 Å². The second kappa shape index (κ2) is 10.1. The highest BCUT2D eigenvalue weighted by molar-refractivity contribution is 7.92. The molecule has 2 aromatic carbocycles. The summed E-state index contributed by atoms with van der Waals surface area (Å²) in [6.45, 7) is 1.48. The van der Waals surface area contributed by atoms with Gasteiger partial charge in [-0.1, -0.05) is 29.8 Å². The van der Waals surface area contributed by atoms with E-state index in [4.69, 9.17) is 16.3 Å². The minimum atomic E-state index is -4.01. The van der Waals surface area contributed by atoms with Crippen molar-refractivity contribution in [3.05, 3.63) is 53.7 Å². The van der Waals surface area contributed by atoms with Crippen LogP contribution in [0.5, 0.6) is 5.75 Å². The van der Waals surface area contributed by atoms with Gasteiger partial charge in [0.1, 0.15) is 18.0 Å². The lowest BCUT2D eigenvalue weighted by molar-refractivity contribution is -0.132. The van der Waals surface area contributed by atoms with Crippen LogP contribution >= 0.6 is 11.6 Å². The quantitative estimate of drug-likeness (QED) is 0.530. The molecule has 2 heterocycles. The third kappa shape index (κ3) is 5.20. The highest BCUT2D eigenvalue weighted by atomic mass is 35.5. The van der Waals surface area contributed by atoms with Gasteiger partial charge in [-0.2, -0.15) is 0 Å². The number of anilines is 1. The molecule has 0 atom stereocenters. The van der Waals surface area contributed by atoms with Gasteiger partial charge < -0.3 is 19.5 Å². The first kappa shape index (κ1) is 24.1. The van der Waals surface area contributed by atoms with Crippen LogP contribution in [0.25, 0.3) is 10.9 Å². The number of ether oxygens (including phenoxy) is 1. The largest absolute Gasteiger partial charge is 0.495 e. The number of nitrogens with zero attached hydrogens (tertiary/aromatic N) is 2. The van der Waals surface area contributed by atoms with Gasteiger partial charge in [0.25, 0.3) is 0 Å². The monoisotopic (exact) mass is 503 g/mol. The third-order valence-corrected chi connectivity index (χ3v) is 7.73. The average Bonchev–Trinajstić information content (AvgIpc) is 3.19. The molecule has 1 fully saturated rings. The summed E-state index contributed by atoms with van der Waals surface area (Å²) in [4.78, 5) is 27.3. The van der Waals surface area contributed by atoms with Gasteiger partial charge in [-0.05, 0) is 43.5 Å². The van der Waals surface area contributed by atoms with Crippen molar-refractivity contribution in [2.75, 3.05) is 31.3 Å². The maximum absolute atomic E-state index is 13.2. The molecule has 1 N–H and O–H groups in total. The van der Waals surface area contributed by atoms with Gasteiger partial charge in [0.15, 0.2) is 9.84 Å². The second-order valence-corrected chi connectivity index (χ2v) is 10.6. The van der Waals surface area contributed by atoms with Gasteiger partial charge in [-0.15, -0.1) is 0 Å². The van der Waals surface area contributed by atoms with E-state index in [1.165, 1.54) is 19.4 Å². The van der Waals surface area contributed by atoms with Gasteiger partial charge in [0.05, 0.1) is 17.7 Å². The first-order chi connectivity index (χ1) is 16.3. The van der Waals surface area contributed by atoms with Crippen molar-refractivity contribution in [1.82, 2.24) is 9.47 Å². The number of amides is 2. The minimum Gasteiger partial charge on any atom is -0.495 e. The maximum Gasteiger partial charge on any atom is 0.242 e. The second-order valence-electron chi connectivity index (χ2n) is 8.23. The Labute approximate surface area is 203 Å². The van der Waals surface area contributed by atoms with E-state index in [0.29, 0.717) is 21.7 Å². The molecule has 2 amide bonds. The molecule has 0 radical (unpaired) electrons. The Kier molecular flexibility index (Phi) is 7.13. The molecule has 34 heavy (non-hydrogen) atoms. The Morgan fingerprint density at radius 3 is 2.56 bits per heavy atom. The van der Waals surface area contributed by atoms with E-state index in [9.17, 15) is 18.0 Å². The Morgan fingerprint density at radius 1 is 1.09 bits per heavy atom. The fraction of sp³-hybridized carbons (Fsp3) is 0.333. The summed E-state index contributed by atoms with van der Waals surface area (Å²) in [5.74, 6) is -1.17. The molecule has 0 saturated carbocycles. The van der Waals surface area contributed by atoms with Gasteiger partial charge >= 0.3 is 0 Å². The van der Waals surface area contributed by atoms with Crippen molar-refractivity contribution in [3.63, 3.8) is 0 Å². The highest BCUT2D eigenvalue weighted by Crippen LogP contribution is 2.29. The number of fused-ring (bicyclic) bond motifs is 1. The van der Waals surface area contributed by atoms with Crippen molar-refractivity contribution in [3.8, 4) is 5.75 Å². The van der Waals surface area contributed by atoms with Crippen molar-refractivity contribution < 1.29 is 22.7 Å². The van der Waals surface area contributed by atoms with E-state index in [0.717, 1.165) is 32.4 Å². The Morgan fingerprint density at radius 2 is 1.82 bits per heavy atom. The number of para-hydroxylation sites is 1. The van der Waals surface area contributed by atoms with Crippen molar-refractivity contribution in [2.45, 2.75) is 30.7 Å². The summed E-state index contributed by atoms with van der Waals surface area (Å²) in [5, 5.41) is 3.41. The Bertz CT molecular complexity index is 1330. The molecule has 1 saturated heterocycles. The highest BCUT2D eigenvalue weighted by Gasteiger charge is 2.26. The number of sulfone groups is 1. The lowest BCUT2D eigenvalue weighted by atomic mass is 10.1. The number of hydrogen-bond donors (Lipinski definition) is 1. The molecule has 3 aromatic rings. The number of likely N-dealkylation sites (tertiary alicyclic amines) is 1. The fourth-order valence-electron chi connectivity index (χ4n) is 4.20. The summed E-state index contributed by atoms with van der Waals surface area (Å²) in [5.41, 5.74) is 0.910. The van der Waals surface area contributed by atoms with E-state index in [2.05, 4.69) is 5.32 Å². The van der Waals surface area contributed by atoms with Crippen molar-refractivity contribution >= 4 is 49.8 Å². The predicted octanol–water partition coefficient (Wildman–Crippen LogP) is 3.73. The zero-order valence-corrected chi connectivity index (χ0v) is 20.4. The van der Waals surface area contributed by atoms with E-state index in [1.54, 1.807) is 41.0 Å². The first-order valence-corrected chi connectivity index (χ1v) is 13.0. The van der Waals surface area contributed by atoms with E-state index in [-0.39, 0.29) is 23.0 Å². The first-order valence-electron chi connectivity index (χ1n) is 11.0. The number of benzene rings is 2. The van der Waals surface area contributed by atoms with Gasteiger partial charge in [0, 0.05) is 35.2 Å². The smallest absolute Gasteiger partial charge is 0.242 e. The molecule has 4 rings (SSSR count). The standard InChI is InChI=1S/C24H26ClN3O5S/c1-33-21-10-9-17(25)13-19(21)26-23(29)16-34(31,32)22-14-28(20-8-4-3-7-18(20)22)15-24(30)27-11-5-2-6-12-27/h3-4,7-10,13-14H,2,5-6,11-12,15-16H2,1H3,(H,26,29). The van der Waals surface area contributed by atoms with E-state index >= 15 is 0 Å². The van der Waals surface area contributed by atoms with Crippen molar-refractivity contribution in [2.24, 2.45) is 0 Å². The normalized spacial score (nSPS) is 14.2. The fourth-order valence-corrected chi connectivity index (χ4v) is 5.74. The summed E-state index contributed by atoms with van der Waals surface area (Å²) in [6, 6.07) is 11.7. The van der Waals surface area contributed by atoms with Crippen molar-refractivity contribution in [1.29, 1.82) is 0 Å². The van der Waals surface area contributed by atoms with Crippen LogP contribution in [-0.2, 0) is 26.0 Å². The third-order valence-electron chi connectivity index (χ3n) is 5.86. The van der Waals surface area contributed by atoms with Gasteiger partial charge in [0.2, 0.25) is 11.8 Å². The lowest BCUT2D eigenvalue weighted by Gasteiger charge is -2.27. The van der Waals surface area contributed by atoms with E-state index < -0.39 is 21.5 Å². The SMILES string of the molecule is COc1ccc(Cl)cc1NC(=O)CS(=O)(=O)c1cn(CC(=O)N2CCCCC2)c2ccccc12. The van der Waals surface area contributed by atoms with Crippen LogP contribution in [-0.4, -0.2) is 55.7 Å².